The first-order valence-electron chi connectivity index (χ1n) is 6.69. The molecular formula is C12H12ClN5O4S. The number of nitrogens with one attached hydrogen (secondary N) is 1. The number of nitrogens with zero attached hydrogens (tertiary/aromatic N) is 4. The van der Waals surface area contributed by atoms with E-state index in [0.717, 1.165) is 4.31 Å². The SMILES string of the molecule is O=C(O)C1CCCN1S(=O)(=O)c1ccc(Cl)c(-c2nn[nH]n2)c1. The Morgan fingerprint density at radius 1 is 1.43 bits per heavy atom. The zero-order chi connectivity index (χ0) is 16.6. The van der Waals surface area contributed by atoms with E-state index in [4.69, 9.17) is 11.6 Å². The monoisotopic (exact) mass is 357 g/mol. The Labute approximate surface area is 136 Å². The Kier molecular flexibility index (Phi) is 4.04. The minimum absolute atomic E-state index is 0.0603. The Morgan fingerprint density at radius 2 is 2.22 bits per heavy atom. The Bertz CT molecular complexity index is 839. The van der Waals surface area contributed by atoms with Crippen molar-refractivity contribution in [1.82, 2.24) is 24.9 Å². The van der Waals surface area contributed by atoms with Crippen LogP contribution in [-0.4, -0.2) is 57.0 Å². The molecule has 1 fully saturated rings. The highest BCUT2D eigenvalue weighted by molar-refractivity contribution is 7.89. The highest BCUT2D eigenvalue weighted by atomic mass is 35.5. The highest BCUT2D eigenvalue weighted by Gasteiger charge is 2.39. The van der Waals surface area contributed by atoms with Crippen molar-refractivity contribution in [3.05, 3.63) is 23.2 Å². The first kappa shape index (κ1) is 15.8. The Balaban J connectivity index is 2.04. The van der Waals surface area contributed by atoms with E-state index in [1.165, 1.54) is 18.2 Å². The molecule has 3 rings (SSSR count). The number of carboxylic acids is 1. The lowest BCUT2D eigenvalue weighted by molar-refractivity contribution is -0.140. The minimum atomic E-state index is -3.96. The van der Waals surface area contributed by atoms with Gasteiger partial charge in [-0.3, -0.25) is 4.79 Å². The van der Waals surface area contributed by atoms with Crippen LogP contribution in [0.2, 0.25) is 5.02 Å². The molecule has 0 spiro atoms. The van der Waals surface area contributed by atoms with E-state index in [0.29, 0.717) is 18.4 Å². The summed E-state index contributed by atoms with van der Waals surface area (Å²) in [5.74, 6) is -0.998. The van der Waals surface area contributed by atoms with E-state index in [2.05, 4.69) is 20.6 Å². The van der Waals surface area contributed by atoms with Crippen molar-refractivity contribution in [2.45, 2.75) is 23.8 Å². The van der Waals surface area contributed by atoms with Crippen molar-refractivity contribution in [1.29, 1.82) is 0 Å². The number of benzene rings is 1. The third-order valence-electron chi connectivity index (χ3n) is 3.62. The fraction of sp³-hybridized carbons (Fsp3) is 0.333. The molecule has 0 radical (unpaired) electrons. The molecule has 11 heteroatoms. The van der Waals surface area contributed by atoms with Crippen molar-refractivity contribution < 1.29 is 18.3 Å². The van der Waals surface area contributed by atoms with E-state index in [-0.39, 0.29) is 22.3 Å². The zero-order valence-corrected chi connectivity index (χ0v) is 13.3. The van der Waals surface area contributed by atoms with Gasteiger partial charge in [-0.1, -0.05) is 11.6 Å². The third-order valence-corrected chi connectivity index (χ3v) is 5.85. The van der Waals surface area contributed by atoms with Crippen LogP contribution < -0.4 is 0 Å². The summed E-state index contributed by atoms with van der Waals surface area (Å²) >= 11 is 6.05. The molecule has 1 aromatic heterocycles. The van der Waals surface area contributed by atoms with Crippen molar-refractivity contribution in [2.24, 2.45) is 0 Å². The maximum Gasteiger partial charge on any atom is 0.322 e. The average Bonchev–Trinajstić information content (AvgIpc) is 3.19. The van der Waals surface area contributed by atoms with Crippen LogP contribution in [-0.2, 0) is 14.8 Å². The van der Waals surface area contributed by atoms with Crippen LogP contribution in [0, 0.1) is 0 Å². The van der Waals surface area contributed by atoms with Crippen LogP contribution in [0.15, 0.2) is 23.1 Å². The first-order valence-corrected chi connectivity index (χ1v) is 8.51. The van der Waals surface area contributed by atoms with E-state index < -0.39 is 22.0 Å². The van der Waals surface area contributed by atoms with Gasteiger partial charge in [0.1, 0.15) is 6.04 Å². The molecule has 2 aromatic rings. The van der Waals surface area contributed by atoms with Gasteiger partial charge >= 0.3 is 5.97 Å². The topological polar surface area (TPSA) is 129 Å². The molecule has 122 valence electrons. The minimum Gasteiger partial charge on any atom is -0.480 e. The molecule has 0 bridgehead atoms. The summed E-state index contributed by atoms with van der Waals surface area (Å²) in [7, 11) is -3.96. The maximum absolute atomic E-state index is 12.7. The van der Waals surface area contributed by atoms with Gasteiger partial charge in [0.05, 0.1) is 9.92 Å². The number of tetrazole rings is 1. The van der Waals surface area contributed by atoms with Gasteiger partial charge in [-0.15, -0.1) is 10.2 Å². The standard InChI is InChI=1S/C12H12ClN5O4S/c13-9-4-3-7(6-8(9)11-14-16-17-15-11)23(21,22)18-5-1-2-10(18)12(19)20/h3-4,6,10H,1-2,5H2,(H,19,20)(H,14,15,16,17). The van der Waals surface area contributed by atoms with Crippen LogP contribution in [0.1, 0.15) is 12.8 Å². The molecule has 1 saturated heterocycles. The molecule has 9 nitrogen and oxygen atoms in total. The van der Waals surface area contributed by atoms with Crippen LogP contribution in [0.4, 0.5) is 0 Å². The molecule has 0 amide bonds. The normalized spacial score (nSPS) is 19.1. The lowest BCUT2D eigenvalue weighted by atomic mass is 10.2. The fourth-order valence-electron chi connectivity index (χ4n) is 2.52. The number of H-pyrrole nitrogens is 1. The van der Waals surface area contributed by atoms with Crippen molar-refractivity contribution in [3.63, 3.8) is 0 Å². The van der Waals surface area contributed by atoms with Gasteiger partial charge in [0.15, 0.2) is 0 Å². The summed E-state index contributed by atoms with van der Waals surface area (Å²) in [5.41, 5.74) is 0.299. The summed E-state index contributed by atoms with van der Waals surface area (Å²) in [6, 6.07) is 3.01. The molecule has 2 heterocycles. The maximum atomic E-state index is 12.7. The molecule has 1 aromatic carbocycles. The number of halogens is 1. The molecule has 23 heavy (non-hydrogen) atoms. The Morgan fingerprint density at radius 3 is 2.87 bits per heavy atom. The smallest absolute Gasteiger partial charge is 0.322 e. The molecule has 2 N–H and O–H groups in total. The van der Waals surface area contributed by atoms with Gasteiger partial charge in [-0.2, -0.15) is 9.52 Å². The fourth-order valence-corrected chi connectivity index (χ4v) is 4.40. The second kappa shape index (κ2) is 5.87. The van der Waals surface area contributed by atoms with Gasteiger partial charge in [-0.25, -0.2) is 8.42 Å². The van der Waals surface area contributed by atoms with Gasteiger partial charge in [0.25, 0.3) is 0 Å². The number of sulfonamides is 1. The predicted octanol–water partition coefficient (Wildman–Crippen LogP) is 0.758. The van der Waals surface area contributed by atoms with Crippen LogP contribution >= 0.6 is 11.6 Å². The zero-order valence-electron chi connectivity index (χ0n) is 11.7. The number of carboxylic acid groups (broad SMARTS) is 1. The molecule has 0 aliphatic carbocycles. The predicted molar refractivity (Wildman–Crippen MR) is 79.2 cm³/mol. The van der Waals surface area contributed by atoms with E-state index in [1.54, 1.807) is 0 Å². The first-order chi connectivity index (χ1) is 10.9. The van der Waals surface area contributed by atoms with Crippen LogP contribution in [0.3, 0.4) is 0 Å². The van der Waals surface area contributed by atoms with Crippen molar-refractivity contribution in [3.8, 4) is 11.4 Å². The Hall–Kier alpha value is -2.04. The van der Waals surface area contributed by atoms with E-state index in [9.17, 15) is 18.3 Å². The molecule has 0 saturated carbocycles. The second-order valence-electron chi connectivity index (χ2n) is 4.99. The summed E-state index contributed by atoms with van der Waals surface area (Å²) in [6.07, 6.45) is 0.793. The summed E-state index contributed by atoms with van der Waals surface area (Å²) in [4.78, 5) is 11.2. The molecule has 1 aliphatic heterocycles. The number of aromatic nitrogens is 4. The number of aromatic amines is 1. The summed E-state index contributed by atoms with van der Waals surface area (Å²) in [5, 5.41) is 22.7. The van der Waals surface area contributed by atoms with Gasteiger partial charge in [0.2, 0.25) is 15.8 Å². The second-order valence-corrected chi connectivity index (χ2v) is 7.29. The van der Waals surface area contributed by atoms with Crippen molar-refractivity contribution >= 4 is 27.6 Å². The molecule has 1 aliphatic rings. The van der Waals surface area contributed by atoms with Crippen LogP contribution in [0.25, 0.3) is 11.4 Å². The quantitative estimate of drug-likeness (QED) is 0.826. The molecule has 1 atom stereocenters. The molecule has 1 unspecified atom stereocenters. The number of aliphatic carboxylic acids is 1. The average molecular weight is 358 g/mol. The van der Waals surface area contributed by atoms with Gasteiger partial charge in [-0.05, 0) is 36.3 Å². The van der Waals surface area contributed by atoms with E-state index >= 15 is 0 Å². The lowest BCUT2D eigenvalue weighted by Gasteiger charge is -2.21. The largest absolute Gasteiger partial charge is 0.480 e. The molecular weight excluding hydrogens is 346 g/mol. The van der Waals surface area contributed by atoms with Gasteiger partial charge < -0.3 is 5.11 Å². The number of rotatable bonds is 4. The summed E-state index contributed by atoms with van der Waals surface area (Å²) in [6.45, 7) is 0.166. The number of hydrogen-bond acceptors (Lipinski definition) is 6. The highest BCUT2D eigenvalue weighted by Crippen LogP contribution is 2.31. The van der Waals surface area contributed by atoms with Crippen molar-refractivity contribution in [2.75, 3.05) is 6.54 Å². The van der Waals surface area contributed by atoms with Crippen LogP contribution in [0.5, 0.6) is 0 Å². The van der Waals surface area contributed by atoms with E-state index in [1.807, 2.05) is 0 Å². The summed E-state index contributed by atoms with van der Waals surface area (Å²) < 4.78 is 26.5. The number of hydrogen-bond donors (Lipinski definition) is 2. The number of carbonyl (C=O) groups is 1. The lowest BCUT2D eigenvalue weighted by Crippen LogP contribution is -2.40. The third kappa shape index (κ3) is 2.80. The van der Waals surface area contributed by atoms with Gasteiger partial charge in [0, 0.05) is 12.1 Å².